The number of hydrogen-bond donors (Lipinski definition) is 1. The van der Waals surface area contributed by atoms with Crippen molar-refractivity contribution >= 4 is 30.0 Å². The Kier molecular flexibility index (Phi) is 11.6. The van der Waals surface area contributed by atoms with Crippen LogP contribution in [0.4, 0.5) is 5.82 Å². The highest BCUT2D eigenvalue weighted by Gasteiger charge is 2.44. The van der Waals surface area contributed by atoms with E-state index in [4.69, 9.17) is 39.8 Å². The van der Waals surface area contributed by atoms with Gasteiger partial charge >= 0.3 is 5.69 Å². The van der Waals surface area contributed by atoms with E-state index in [1.807, 2.05) is 84.9 Å². The van der Waals surface area contributed by atoms with Gasteiger partial charge in [0.15, 0.2) is 6.49 Å². The lowest BCUT2D eigenvalue weighted by molar-refractivity contribution is -0.0915. The van der Waals surface area contributed by atoms with Gasteiger partial charge in [0.2, 0.25) is 0 Å². The monoisotopic (exact) mass is 741 g/mol. The van der Waals surface area contributed by atoms with Crippen LogP contribution in [0.3, 0.4) is 0 Å². The lowest BCUT2D eigenvalue weighted by Crippen LogP contribution is -2.38. The average Bonchev–Trinajstić information content (AvgIpc) is 3.57. The molecule has 52 heavy (non-hydrogen) atoms. The third kappa shape index (κ3) is 8.18. The van der Waals surface area contributed by atoms with Gasteiger partial charge in [0.05, 0.1) is 26.9 Å². The molecule has 1 aliphatic rings. The molecule has 1 N–H and O–H groups in total. The van der Waals surface area contributed by atoms with E-state index in [1.165, 1.54) is 11.7 Å². The summed E-state index contributed by atoms with van der Waals surface area (Å²) in [7, 11) is 4.76. The molecule has 2 heterocycles. The number of nitrogens with zero attached hydrogens (tertiary/aromatic N) is 2. The first kappa shape index (κ1) is 37.1. The highest BCUT2D eigenvalue weighted by Crippen LogP contribution is 2.49. The number of ether oxygens (including phenoxy) is 4. The van der Waals surface area contributed by atoms with Crippen molar-refractivity contribution in [3.05, 3.63) is 154 Å². The summed E-state index contributed by atoms with van der Waals surface area (Å²) >= 11 is 5.67. The van der Waals surface area contributed by atoms with Gasteiger partial charge in [-0.2, -0.15) is 4.98 Å². The van der Waals surface area contributed by atoms with Crippen LogP contribution < -0.4 is 20.5 Å². The molecule has 6 rings (SSSR count). The second kappa shape index (κ2) is 16.3. The number of carbonyl (C=O) groups is 1. The summed E-state index contributed by atoms with van der Waals surface area (Å²) < 4.78 is 38.0. The van der Waals surface area contributed by atoms with Crippen molar-refractivity contribution in [3.63, 3.8) is 0 Å². The van der Waals surface area contributed by atoms with Gasteiger partial charge in [0.1, 0.15) is 35.2 Å². The first-order chi connectivity index (χ1) is 25.2. The van der Waals surface area contributed by atoms with Crippen LogP contribution in [0.15, 0.2) is 126 Å². The molecule has 4 aromatic carbocycles. The highest BCUT2D eigenvalue weighted by molar-refractivity contribution is 8.09. The van der Waals surface area contributed by atoms with Gasteiger partial charge in [-0.05, 0) is 71.0 Å². The molecule has 4 atom stereocenters. The van der Waals surface area contributed by atoms with Crippen LogP contribution >= 0.6 is 6.49 Å². The predicted molar refractivity (Wildman–Crippen MR) is 202 cm³/mol. The number of rotatable bonds is 14. The molecule has 13 heteroatoms. The number of hydrogen-bond acceptors (Lipinski definition) is 10. The van der Waals surface area contributed by atoms with Crippen molar-refractivity contribution in [3.8, 4) is 11.5 Å². The minimum atomic E-state index is -2.68. The fourth-order valence-electron chi connectivity index (χ4n) is 6.18. The number of methoxy groups -OCH3 is 2. The summed E-state index contributed by atoms with van der Waals surface area (Å²) in [6.07, 6.45) is -0.221. The maximum absolute atomic E-state index is 13.4. The second-order valence-electron chi connectivity index (χ2n) is 12.1. The van der Waals surface area contributed by atoms with Crippen LogP contribution in [-0.2, 0) is 35.9 Å². The zero-order valence-corrected chi connectivity index (χ0v) is 30.9. The molecule has 1 saturated heterocycles. The molecule has 1 aromatic heterocycles. The van der Waals surface area contributed by atoms with E-state index >= 15 is 0 Å². The van der Waals surface area contributed by atoms with Crippen LogP contribution in [-0.4, -0.2) is 62.3 Å². The van der Waals surface area contributed by atoms with Crippen LogP contribution in [0, 0.1) is 0 Å². The summed E-state index contributed by atoms with van der Waals surface area (Å²) in [5.74, 6) is 1.15. The smallest absolute Gasteiger partial charge is 0.351 e. The van der Waals surface area contributed by atoms with Crippen molar-refractivity contribution in [1.29, 1.82) is 0 Å². The first-order valence-electron chi connectivity index (χ1n) is 16.6. The lowest BCUT2D eigenvalue weighted by Gasteiger charge is -2.37. The van der Waals surface area contributed by atoms with Gasteiger partial charge in [-0.15, -0.1) is 0 Å². The normalized spacial score (nSPS) is 18.3. The van der Waals surface area contributed by atoms with E-state index in [9.17, 15) is 9.59 Å². The van der Waals surface area contributed by atoms with Crippen molar-refractivity contribution in [2.45, 2.75) is 30.5 Å². The number of amides is 1. The summed E-state index contributed by atoms with van der Waals surface area (Å²) in [4.78, 5) is 30.2. The number of carbonyl (C=O) groups excluding carboxylic acids is 1. The molecule has 0 spiro atoms. The van der Waals surface area contributed by atoms with Crippen molar-refractivity contribution in [2.24, 2.45) is 0 Å². The van der Waals surface area contributed by atoms with Gasteiger partial charge in [-0.1, -0.05) is 72.8 Å². The summed E-state index contributed by atoms with van der Waals surface area (Å²) in [5.41, 5.74) is 1.30. The Balaban J connectivity index is 1.34. The van der Waals surface area contributed by atoms with Gasteiger partial charge < -0.3 is 33.3 Å². The largest absolute Gasteiger partial charge is 0.497 e. The van der Waals surface area contributed by atoms with E-state index < -0.39 is 36.2 Å². The first-order valence-corrected chi connectivity index (χ1v) is 19.7. The molecule has 5 aromatic rings. The van der Waals surface area contributed by atoms with Crippen LogP contribution in [0.2, 0.25) is 0 Å². The zero-order chi connectivity index (χ0) is 36.7. The minimum Gasteiger partial charge on any atom is -0.497 e. The standard InChI is InChI=1S/C39H40N3O8PS/c1-45-31-19-15-29(16-20-31)39(28-13-9-6-10-14-28,30-17-21-32(46-2)22-18-30)48-26-34-33(50-51(4,52)47-3)25-36(49-34)42-24-23-35(41-38(42)44)40-37(43)27-11-7-5-8-12-27/h5-24,33-34,36H,25-26H2,1-4H3,(H,40,41,43,44)/t33-,34+,36+,51+/m0/s1. The average molecular weight is 742 g/mol. The molecule has 1 amide bonds. The molecule has 0 radical (unpaired) electrons. The van der Waals surface area contributed by atoms with Crippen molar-refractivity contribution in [2.75, 3.05) is 39.9 Å². The molecule has 0 unspecified atom stereocenters. The quantitative estimate of drug-likeness (QED) is 0.0964. The second-order valence-corrected chi connectivity index (χ2v) is 16.2. The molecular formula is C39H40N3O8PS. The molecule has 1 aliphatic heterocycles. The van der Waals surface area contributed by atoms with Gasteiger partial charge in [0.25, 0.3) is 5.91 Å². The molecular weight excluding hydrogens is 701 g/mol. The van der Waals surface area contributed by atoms with Crippen LogP contribution in [0.25, 0.3) is 0 Å². The van der Waals surface area contributed by atoms with E-state index in [1.54, 1.807) is 57.4 Å². The fourth-order valence-corrected chi connectivity index (χ4v) is 7.31. The number of aromatic nitrogens is 2. The summed E-state index contributed by atoms with van der Waals surface area (Å²) in [5, 5.41) is 2.68. The van der Waals surface area contributed by atoms with E-state index in [0.29, 0.717) is 17.1 Å². The van der Waals surface area contributed by atoms with Gasteiger partial charge in [-0.3, -0.25) is 9.36 Å². The van der Waals surface area contributed by atoms with E-state index in [-0.39, 0.29) is 24.8 Å². The minimum absolute atomic E-state index is 0.0422. The van der Waals surface area contributed by atoms with Crippen LogP contribution in [0.5, 0.6) is 11.5 Å². The molecule has 0 aliphatic carbocycles. The van der Waals surface area contributed by atoms with Gasteiger partial charge in [0, 0.05) is 32.0 Å². The zero-order valence-electron chi connectivity index (χ0n) is 29.2. The van der Waals surface area contributed by atoms with Crippen molar-refractivity contribution in [1.82, 2.24) is 9.55 Å². The molecule has 270 valence electrons. The number of anilines is 1. The topological polar surface area (TPSA) is 119 Å². The van der Waals surface area contributed by atoms with E-state index in [2.05, 4.69) is 10.3 Å². The van der Waals surface area contributed by atoms with Crippen LogP contribution in [0.1, 0.15) is 39.7 Å². The molecule has 11 nitrogen and oxygen atoms in total. The third-order valence-electron chi connectivity index (χ3n) is 8.89. The molecule has 1 fully saturated rings. The Morgan fingerprint density at radius 1 is 0.865 bits per heavy atom. The maximum atomic E-state index is 13.4. The highest BCUT2D eigenvalue weighted by atomic mass is 32.5. The lowest BCUT2D eigenvalue weighted by atomic mass is 9.80. The van der Waals surface area contributed by atoms with Crippen molar-refractivity contribution < 1.29 is 32.8 Å². The third-order valence-corrected chi connectivity index (χ3v) is 10.9. The Morgan fingerprint density at radius 3 is 1.96 bits per heavy atom. The molecule has 0 bridgehead atoms. The predicted octanol–water partition coefficient (Wildman–Crippen LogP) is 6.78. The Bertz CT molecular complexity index is 2020. The maximum Gasteiger partial charge on any atom is 0.351 e. The fraction of sp³-hybridized carbons (Fsp3) is 0.256. The number of benzene rings is 4. The SMILES string of the molecule is COc1ccc(C(OC[C@H]2O[C@@H](n3ccc(NC(=O)c4ccccc4)nc3=O)C[C@@H]2O[P@](C)(=S)OC)(c2ccccc2)c2ccc(OC)cc2)cc1. The Morgan fingerprint density at radius 2 is 1.42 bits per heavy atom. The van der Waals surface area contributed by atoms with E-state index in [0.717, 1.165) is 16.7 Å². The molecule has 0 saturated carbocycles. The number of nitrogens with one attached hydrogen (secondary N) is 1. The Hall–Kier alpha value is -4.68. The summed E-state index contributed by atoms with van der Waals surface area (Å²) in [6.45, 7) is -0.893. The van der Waals surface area contributed by atoms with Gasteiger partial charge in [-0.25, -0.2) is 4.79 Å². The summed E-state index contributed by atoms with van der Waals surface area (Å²) in [6, 6.07) is 35.6. The Labute approximate surface area is 307 Å².